The number of benzene rings is 17. The predicted octanol–water partition coefficient (Wildman–Crippen LogP) is 28.8. The van der Waals surface area contributed by atoms with Gasteiger partial charge < -0.3 is 9.80 Å². The van der Waals surface area contributed by atoms with E-state index in [0.717, 1.165) is 34.1 Å². The van der Waals surface area contributed by atoms with Crippen LogP contribution in [0.3, 0.4) is 0 Å². The van der Waals surface area contributed by atoms with Gasteiger partial charge in [0.2, 0.25) is 0 Å². The number of anilines is 6. The van der Waals surface area contributed by atoms with Crippen LogP contribution in [0.4, 0.5) is 34.1 Å². The van der Waals surface area contributed by atoms with Crippen LogP contribution in [0.1, 0.15) is 44.5 Å². The van der Waals surface area contributed by atoms with Gasteiger partial charge in [0.05, 0.1) is 10.8 Å². The number of fused-ring (bicyclic) bond motifs is 12. The molecule has 0 bridgehead atoms. The van der Waals surface area contributed by atoms with E-state index in [9.17, 15) is 0 Å². The molecule has 21 rings (SSSR count). The minimum absolute atomic E-state index is 0.426. The molecule has 0 amide bonds. The number of nitrogens with zero attached hydrogens (tertiary/aromatic N) is 2. The van der Waals surface area contributed by atoms with Crippen LogP contribution in [0.25, 0.3) is 96.0 Å². The molecule has 0 spiro atoms. The molecular weight excluding hydrogens is 1340 g/mol. The van der Waals surface area contributed by atoms with E-state index in [4.69, 9.17) is 0 Å². The summed E-state index contributed by atoms with van der Waals surface area (Å²) in [5, 5.41) is 5.12. The quantitative estimate of drug-likeness (QED) is 0.114. The van der Waals surface area contributed by atoms with E-state index in [-0.39, 0.29) is 0 Å². The zero-order chi connectivity index (χ0) is 71.5. The van der Waals surface area contributed by atoms with Gasteiger partial charge in [0, 0.05) is 74.5 Å². The van der Waals surface area contributed by atoms with Crippen LogP contribution in [-0.2, 0) is 10.8 Å². The van der Waals surface area contributed by atoms with Crippen molar-refractivity contribution in [1.29, 1.82) is 0 Å². The van der Waals surface area contributed by atoms with E-state index in [2.05, 4.69) is 434 Å². The zero-order valence-electron chi connectivity index (χ0n) is 59.1. The normalized spacial score (nSPS) is 12.8. The van der Waals surface area contributed by atoms with Crippen molar-refractivity contribution in [3.8, 4) is 55.6 Å². The molecule has 2 aliphatic rings. The minimum atomic E-state index is -0.443. The molecule has 2 aromatic heterocycles. The van der Waals surface area contributed by atoms with Crippen LogP contribution in [0.5, 0.6) is 0 Å². The van der Waals surface area contributed by atoms with Crippen LogP contribution in [0.15, 0.2) is 425 Å². The van der Waals surface area contributed by atoms with Gasteiger partial charge in [-0.05, 0) is 209 Å². The molecule has 0 atom stereocenters. The van der Waals surface area contributed by atoms with Crippen molar-refractivity contribution in [1.82, 2.24) is 0 Å². The van der Waals surface area contributed by atoms with Crippen molar-refractivity contribution in [3.63, 3.8) is 0 Å². The Morgan fingerprint density at radius 3 is 0.713 bits per heavy atom. The van der Waals surface area contributed by atoms with Crippen molar-refractivity contribution in [2.45, 2.75) is 10.8 Å². The lowest BCUT2D eigenvalue weighted by Crippen LogP contribution is -2.28. The number of rotatable bonds is 13. The van der Waals surface area contributed by atoms with Crippen molar-refractivity contribution in [2.24, 2.45) is 0 Å². The van der Waals surface area contributed by atoms with Gasteiger partial charge in [0.1, 0.15) is 0 Å². The van der Waals surface area contributed by atoms with E-state index in [0.29, 0.717) is 0 Å². The Hall–Kier alpha value is -13.2. The van der Waals surface area contributed by atoms with Gasteiger partial charge in [-0.1, -0.05) is 315 Å². The monoisotopic (exact) mass is 1410 g/mol. The third-order valence-electron chi connectivity index (χ3n) is 22.3. The fourth-order valence-corrected chi connectivity index (χ4v) is 19.6. The van der Waals surface area contributed by atoms with E-state index in [1.165, 1.54) is 140 Å². The highest BCUT2D eigenvalue weighted by atomic mass is 32.1. The second kappa shape index (κ2) is 27.0. The van der Waals surface area contributed by atoms with Gasteiger partial charge >= 0.3 is 0 Å². The van der Waals surface area contributed by atoms with E-state index in [1.54, 1.807) is 0 Å². The summed E-state index contributed by atoms with van der Waals surface area (Å²) < 4.78 is 5.16. The maximum atomic E-state index is 2.48. The molecule has 108 heavy (non-hydrogen) atoms. The lowest BCUT2D eigenvalue weighted by molar-refractivity contribution is 0.770. The Morgan fingerprint density at radius 1 is 0.167 bits per heavy atom. The highest BCUT2D eigenvalue weighted by Crippen LogP contribution is 2.59. The summed E-state index contributed by atoms with van der Waals surface area (Å²) in [4.78, 5) is 4.77. The van der Waals surface area contributed by atoms with E-state index in [1.807, 2.05) is 22.7 Å². The van der Waals surface area contributed by atoms with Crippen LogP contribution in [0.2, 0.25) is 0 Å². The Bertz CT molecular complexity index is 6340. The molecule has 19 aromatic rings. The summed E-state index contributed by atoms with van der Waals surface area (Å²) in [6, 6.07) is 156. The van der Waals surface area contributed by atoms with E-state index < -0.39 is 10.8 Å². The highest BCUT2D eigenvalue weighted by Gasteiger charge is 2.47. The van der Waals surface area contributed by atoms with Gasteiger partial charge in [-0.15, -0.1) is 22.7 Å². The predicted molar refractivity (Wildman–Crippen MR) is 459 cm³/mol. The van der Waals surface area contributed by atoms with Crippen LogP contribution in [-0.4, -0.2) is 0 Å². The van der Waals surface area contributed by atoms with Crippen molar-refractivity contribution >= 4 is 97.1 Å². The van der Waals surface area contributed by atoms with Crippen molar-refractivity contribution in [2.75, 3.05) is 9.80 Å². The molecule has 0 unspecified atom stereocenters. The molecule has 2 nitrogen and oxygen atoms in total. The zero-order valence-corrected chi connectivity index (χ0v) is 60.8. The van der Waals surface area contributed by atoms with Crippen molar-refractivity contribution < 1.29 is 0 Å². The topological polar surface area (TPSA) is 6.48 Å². The fourth-order valence-electron chi connectivity index (χ4n) is 17.5. The second-order valence-corrected chi connectivity index (χ2v) is 30.3. The van der Waals surface area contributed by atoms with Crippen LogP contribution in [0, 0.1) is 0 Å². The first-order valence-electron chi connectivity index (χ1n) is 37.1. The Kier molecular flexibility index (Phi) is 16.1. The summed E-state index contributed by atoms with van der Waals surface area (Å²) >= 11 is 3.74. The molecule has 2 heterocycles. The van der Waals surface area contributed by atoms with Gasteiger partial charge in [-0.2, -0.15) is 0 Å². The standard InChI is InChI=1S/C55H37NS.C49H33NS/c1-4-14-38(15-5-1)40-24-29-44(30-25-40)56(45-31-26-41(27-32-45)39-16-6-2-7-17-39)46-33-35-54-50(37-46)49-36-43(28-34-53(49)57-54)55(42-18-8-3-9-19-42)51-22-12-10-20-47(51)48-21-11-13-23-52(48)55;1-4-14-34(15-5-1)35-24-27-39(28-25-35)50(38-18-8-3-9-19-38)40-29-31-48-44(33-40)43-32-37(26-30-47(43)51-48)49(36-16-6-2-7-17-36)45-22-12-10-20-41(45)42-21-11-13-23-46(42)49/h1-37H;1-33H. The lowest BCUT2D eigenvalue weighted by atomic mass is 9.67. The Balaban J connectivity index is 0.000000143. The maximum Gasteiger partial charge on any atom is 0.0713 e. The third-order valence-corrected chi connectivity index (χ3v) is 24.6. The molecule has 0 saturated carbocycles. The summed E-state index contributed by atoms with van der Waals surface area (Å²) in [6.45, 7) is 0. The average molecular weight is 1410 g/mol. The second-order valence-electron chi connectivity index (χ2n) is 28.1. The first-order valence-corrected chi connectivity index (χ1v) is 38.7. The average Bonchev–Trinajstić information content (AvgIpc) is 1.52. The third kappa shape index (κ3) is 10.8. The fraction of sp³-hybridized carbons (Fsp3) is 0.0192. The molecule has 0 radical (unpaired) electrons. The lowest BCUT2D eigenvalue weighted by Gasteiger charge is -2.34. The molecule has 2 aliphatic carbocycles. The van der Waals surface area contributed by atoms with Gasteiger partial charge in [0.15, 0.2) is 0 Å². The van der Waals surface area contributed by atoms with Gasteiger partial charge in [-0.25, -0.2) is 0 Å². The summed E-state index contributed by atoms with van der Waals surface area (Å²) in [7, 11) is 0. The van der Waals surface area contributed by atoms with Gasteiger partial charge in [0.25, 0.3) is 0 Å². The number of para-hydroxylation sites is 1. The summed E-state index contributed by atoms with van der Waals surface area (Å²) in [5.74, 6) is 0. The van der Waals surface area contributed by atoms with E-state index >= 15 is 0 Å². The molecular formula is C104H70N2S2. The number of thiophene rings is 2. The first kappa shape index (κ1) is 64.4. The number of hydrogen-bond donors (Lipinski definition) is 0. The molecule has 508 valence electrons. The highest BCUT2D eigenvalue weighted by molar-refractivity contribution is 7.26. The molecule has 0 N–H and O–H groups in total. The maximum absolute atomic E-state index is 2.48. The smallest absolute Gasteiger partial charge is 0.0713 e. The summed E-state index contributed by atoms with van der Waals surface area (Å²) in [5.41, 5.74) is 28.9. The molecule has 4 heteroatoms. The van der Waals surface area contributed by atoms with Crippen molar-refractivity contribution in [3.05, 3.63) is 469 Å². The SMILES string of the molecule is c1ccc(-c2ccc(N(c3ccc(-c4ccccc4)cc3)c3ccc4sc5ccc(C6(c7ccccc7)c7ccccc7-c7ccccc76)cc5c4c3)cc2)cc1.c1ccc(-c2ccc(N(c3ccccc3)c3ccc4sc5ccc(C6(c7ccccc7)c7ccccc7-c7ccccc76)cc5c4c3)cc2)cc1. The van der Waals surface area contributed by atoms with Gasteiger partial charge in [-0.3, -0.25) is 0 Å². The molecule has 17 aromatic carbocycles. The Labute approximate surface area is 637 Å². The molecule has 0 fully saturated rings. The first-order chi connectivity index (χ1) is 53.5. The van der Waals surface area contributed by atoms with Crippen LogP contribution < -0.4 is 9.80 Å². The molecule has 0 aliphatic heterocycles. The largest absolute Gasteiger partial charge is 0.310 e. The summed E-state index contributed by atoms with van der Waals surface area (Å²) in [6.07, 6.45) is 0. The Morgan fingerprint density at radius 2 is 0.398 bits per heavy atom. The molecule has 0 saturated heterocycles. The number of hydrogen-bond acceptors (Lipinski definition) is 4. The minimum Gasteiger partial charge on any atom is -0.310 e. The van der Waals surface area contributed by atoms with Crippen LogP contribution >= 0.6 is 22.7 Å².